The highest BCUT2D eigenvalue weighted by molar-refractivity contribution is 6.00. The van der Waals surface area contributed by atoms with Crippen molar-refractivity contribution in [2.24, 2.45) is 24.8 Å². The summed E-state index contributed by atoms with van der Waals surface area (Å²) in [6, 6.07) is 2.85. The van der Waals surface area contributed by atoms with Crippen LogP contribution in [0.15, 0.2) is 22.9 Å². The fourth-order valence-electron chi connectivity index (χ4n) is 4.77. The van der Waals surface area contributed by atoms with Crippen molar-refractivity contribution in [2.45, 2.75) is 50.5 Å². The van der Waals surface area contributed by atoms with Crippen molar-refractivity contribution < 1.29 is 18.8 Å². The molecular formula is C22H29N5O4. The van der Waals surface area contributed by atoms with Gasteiger partial charge in [-0.15, -0.1) is 0 Å². The van der Waals surface area contributed by atoms with Crippen molar-refractivity contribution >= 4 is 17.6 Å². The van der Waals surface area contributed by atoms with Crippen LogP contribution in [0.25, 0.3) is 0 Å². The topological polar surface area (TPSA) is 111 Å². The fourth-order valence-corrected chi connectivity index (χ4v) is 4.77. The quantitative estimate of drug-likeness (QED) is 0.670. The molecule has 1 atom stereocenters. The Morgan fingerprint density at radius 3 is 2.45 bits per heavy atom. The minimum absolute atomic E-state index is 0.152. The molecular weight excluding hydrogens is 398 g/mol. The van der Waals surface area contributed by atoms with Gasteiger partial charge in [0.15, 0.2) is 5.82 Å². The highest BCUT2D eigenvalue weighted by atomic mass is 16.5. The number of ether oxygens (including phenoxy) is 1. The zero-order valence-corrected chi connectivity index (χ0v) is 17.8. The summed E-state index contributed by atoms with van der Waals surface area (Å²) < 4.78 is 12.4. The number of carbonyl (C=O) groups is 2. The molecule has 2 N–H and O–H groups in total. The Hall–Kier alpha value is -2.68. The molecule has 2 saturated carbocycles. The fraction of sp³-hybridized carbons (Fsp3) is 0.636. The monoisotopic (exact) mass is 427 g/mol. The molecule has 2 amide bonds. The van der Waals surface area contributed by atoms with Gasteiger partial charge in [-0.25, -0.2) is 0 Å². The van der Waals surface area contributed by atoms with Crippen molar-refractivity contribution in [1.82, 2.24) is 20.3 Å². The first-order valence-corrected chi connectivity index (χ1v) is 11.2. The van der Waals surface area contributed by atoms with Gasteiger partial charge in [0.2, 0.25) is 5.91 Å². The lowest BCUT2D eigenvalue weighted by Crippen LogP contribution is -2.50. The molecule has 2 aromatic rings. The summed E-state index contributed by atoms with van der Waals surface area (Å²) in [5.41, 5.74) is 0.436. The van der Waals surface area contributed by atoms with Gasteiger partial charge in [-0.2, -0.15) is 5.10 Å². The number of hydrogen-bond acceptors (Lipinski definition) is 6. The van der Waals surface area contributed by atoms with E-state index >= 15 is 0 Å². The van der Waals surface area contributed by atoms with Crippen LogP contribution in [0.1, 0.15) is 60.7 Å². The molecule has 0 spiro atoms. The van der Waals surface area contributed by atoms with Gasteiger partial charge in [-0.3, -0.25) is 14.3 Å². The summed E-state index contributed by atoms with van der Waals surface area (Å²) in [6.45, 7) is 1.42. The molecule has 2 aliphatic carbocycles. The van der Waals surface area contributed by atoms with Crippen molar-refractivity contribution in [2.75, 3.05) is 18.5 Å². The molecule has 2 aromatic heterocycles. The van der Waals surface area contributed by atoms with Crippen LogP contribution in [-0.4, -0.2) is 46.0 Å². The lowest BCUT2D eigenvalue weighted by atomic mass is 9.88. The zero-order valence-electron chi connectivity index (χ0n) is 17.8. The minimum Gasteiger partial charge on any atom is -0.381 e. The minimum atomic E-state index is -0.606. The molecule has 3 aliphatic rings. The van der Waals surface area contributed by atoms with Crippen LogP contribution in [-0.2, 0) is 16.6 Å². The number of hydrogen-bond donors (Lipinski definition) is 2. The molecule has 31 heavy (non-hydrogen) atoms. The number of nitrogens with zero attached hydrogens (tertiary/aromatic N) is 3. The molecule has 9 nitrogen and oxygen atoms in total. The number of anilines is 1. The molecule has 1 aliphatic heterocycles. The van der Waals surface area contributed by atoms with Crippen molar-refractivity contribution in [1.29, 1.82) is 0 Å². The second kappa shape index (κ2) is 8.45. The summed E-state index contributed by atoms with van der Waals surface area (Å²) >= 11 is 0. The maximum Gasteiger partial charge on any atom is 0.270 e. The maximum absolute atomic E-state index is 13.3. The highest BCUT2D eigenvalue weighted by Gasteiger charge is 2.48. The van der Waals surface area contributed by atoms with Crippen LogP contribution in [0, 0.1) is 17.8 Å². The average molecular weight is 428 g/mol. The van der Waals surface area contributed by atoms with Crippen LogP contribution in [0.3, 0.4) is 0 Å². The Balaban J connectivity index is 1.32. The van der Waals surface area contributed by atoms with E-state index in [0.29, 0.717) is 36.6 Å². The average Bonchev–Trinajstić information content (AvgIpc) is 3.70. The van der Waals surface area contributed by atoms with E-state index in [-0.39, 0.29) is 23.7 Å². The lowest BCUT2D eigenvalue weighted by Gasteiger charge is -2.27. The van der Waals surface area contributed by atoms with E-state index in [2.05, 4.69) is 20.9 Å². The Morgan fingerprint density at radius 1 is 1.13 bits per heavy atom. The molecule has 1 saturated heterocycles. The Labute approximate surface area is 180 Å². The smallest absolute Gasteiger partial charge is 0.270 e. The molecule has 0 radical (unpaired) electrons. The van der Waals surface area contributed by atoms with Crippen LogP contribution >= 0.6 is 0 Å². The van der Waals surface area contributed by atoms with E-state index in [0.717, 1.165) is 44.3 Å². The number of aryl methyl sites for hydroxylation is 1. The van der Waals surface area contributed by atoms with E-state index in [1.165, 1.54) is 4.68 Å². The Bertz CT molecular complexity index is 927. The number of nitrogens with one attached hydrogen (secondary N) is 2. The predicted molar refractivity (Wildman–Crippen MR) is 111 cm³/mol. The van der Waals surface area contributed by atoms with Crippen molar-refractivity contribution in [3.05, 3.63) is 29.8 Å². The molecule has 3 fully saturated rings. The van der Waals surface area contributed by atoms with Gasteiger partial charge in [0, 0.05) is 38.4 Å². The maximum atomic E-state index is 13.3. The molecule has 0 bridgehead atoms. The summed E-state index contributed by atoms with van der Waals surface area (Å²) in [5.74, 6) is 2.06. The van der Waals surface area contributed by atoms with Crippen molar-refractivity contribution in [3.63, 3.8) is 0 Å². The van der Waals surface area contributed by atoms with Crippen LogP contribution in [0.2, 0.25) is 0 Å². The Morgan fingerprint density at radius 2 is 1.84 bits per heavy atom. The number of carbonyl (C=O) groups excluding carboxylic acids is 2. The Kier molecular flexibility index (Phi) is 5.52. The van der Waals surface area contributed by atoms with Gasteiger partial charge in [0.05, 0.1) is 0 Å². The molecule has 5 rings (SSSR count). The first kappa shape index (κ1) is 20.2. The lowest BCUT2D eigenvalue weighted by molar-refractivity contribution is -0.119. The van der Waals surface area contributed by atoms with Gasteiger partial charge in [-0.05, 0) is 62.3 Å². The molecule has 166 valence electrons. The SMILES string of the molecule is Cn1nccc1C(=O)N[C@H](C(=O)Nc1cc(C2CCOCC2)on1)C(C1CC1)C1CC1. The third-order valence-corrected chi connectivity index (χ3v) is 6.74. The van der Waals surface area contributed by atoms with Gasteiger partial charge < -0.3 is 19.9 Å². The summed E-state index contributed by atoms with van der Waals surface area (Å²) in [6.07, 6.45) is 7.81. The largest absolute Gasteiger partial charge is 0.381 e. The van der Waals surface area contributed by atoms with Gasteiger partial charge >= 0.3 is 0 Å². The van der Waals surface area contributed by atoms with Gasteiger partial charge in [0.25, 0.3) is 5.91 Å². The normalized spacial score (nSPS) is 20.6. The van der Waals surface area contributed by atoms with E-state index < -0.39 is 6.04 Å². The standard InChI is InChI=1S/C22H29N5O4/c1-27-16(6-9-23-27)21(28)25-20(19(14-2-3-14)15-4-5-15)22(29)24-18-12-17(31-26-18)13-7-10-30-11-8-13/h6,9,12-15,19-20H,2-5,7-8,10-11H2,1H3,(H,25,28)(H,24,26,29)/t20-/m0/s1. The van der Waals surface area contributed by atoms with Crippen LogP contribution < -0.4 is 10.6 Å². The molecule has 3 heterocycles. The third-order valence-electron chi connectivity index (χ3n) is 6.74. The van der Waals surface area contributed by atoms with Crippen LogP contribution in [0.4, 0.5) is 5.82 Å². The van der Waals surface area contributed by atoms with E-state index in [9.17, 15) is 9.59 Å². The second-order valence-corrected chi connectivity index (χ2v) is 9.03. The van der Waals surface area contributed by atoms with Gasteiger partial charge in [0.1, 0.15) is 17.5 Å². The first-order valence-electron chi connectivity index (χ1n) is 11.2. The van der Waals surface area contributed by atoms with E-state index in [1.54, 1.807) is 25.4 Å². The predicted octanol–water partition coefficient (Wildman–Crippen LogP) is 2.48. The highest BCUT2D eigenvalue weighted by Crippen LogP contribution is 2.51. The summed E-state index contributed by atoms with van der Waals surface area (Å²) in [4.78, 5) is 26.2. The number of amides is 2. The van der Waals surface area contributed by atoms with Gasteiger partial charge in [-0.1, -0.05) is 5.16 Å². The zero-order chi connectivity index (χ0) is 21.4. The first-order chi connectivity index (χ1) is 15.1. The van der Waals surface area contributed by atoms with E-state index in [1.807, 2.05) is 0 Å². The number of rotatable bonds is 8. The van der Waals surface area contributed by atoms with Crippen molar-refractivity contribution in [3.8, 4) is 0 Å². The molecule has 9 heteroatoms. The van der Waals surface area contributed by atoms with Crippen LogP contribution in [0.5, 0.6) is 0 Å². The summed E-state index contributed by atoms with van der Waals surface area (Å²) in [5, 5.41) is 14.0. The third kappa shape index (κ3) is 4.51. The second-order valence-electron chi connectivity index (χ2n) is 9.03. The molecule has 0 unspecified atom stereocenters. The summed E-state index contributed by atoms with van der Waals surface area (Å²) in [7, 11) is 1.72. The molecule has 0 aromatic carbocycles. The van der Waals surface area contributed by atoms with E-state index in [4.69, 9.17) is 9.26 Å². The number of aromatic nitrogens is 3.